The quantitative estimate of drug-likeness (QED) is 0.167. The van der Waals surface area contributed by atoms with Crippen molar-refractivity contribution in [3.05, 3.63) is 200 Å². The van der Waals surface area contributed by atoms with Gasteiger partial charge in [0.25, 0.3) is 0 Å². The Bertz CT molecular complexity index is 2870. The van der Waals surface area contributed by atoms with Gasteiger partial charge in [-0.1, -0.05) is 127 Å². The van der Waals surface area contributed by atoms with Gasteiger partial charge in [0.15, 0.2) is 0 Å². The first kappa shape index (κ1) is 31.4. The molecule has 4 heteroatoms. The van der Waals surface area contributed by atoms with Gasteiger partial charge in [0.05, 0.1) is 0 Å². The van der Waals surface area contributed by atoms with Gasteiger partial charge >= 0.3 is 0 Å². The van der Waals surface area contributed by atoms with Gasteiger partial charge in [-0.25, -0.2) is 9.97 Å². The molecule has 54 heavy (non-hydrogen) atoms. The Morgan fingerprint density at radius 1 is 0.389 bits per heavy atom. The summed E-state index contributed by atoms with van der Waals surface area (Å²) in [6.07, 6.45) is 1.72. The molecule has 254 valence electrons. The summed E-state index contributed by atoms with van der Waals surface area (Å²) >= 11 is 0. The minimum Gasteiger partial charge on any atom is -0.418 e. The molecule has 0 N–H and O–H groups in total. The largest absolute Gasteiger partial charge is 0.418 e. The zero-order valence-electron chi connectivity index (χ0n) is 29.3. The molecule has 0 aliphatic carbocycles. The zero-order chi connectivity index (χ0) is 35.8. The first-order valence-electron chi connectivity index (χ1n) is 18.1. The molecule has 0 fully saturated rings. The highest BCUT2D eigenvalue weighted by molar-refractivity contribution is 5.97. The molecule has 0 spiro atoms. The number of fused-ring (bicyclic) bond motifs is 3. The predicted molar refractivity (Wildman–Crippen MR) is 223 cm³/mol. The maximum Gasteiger partial charge on any atom is 0.247 e. The zero-order valence-corrected chi connectivity index (χ0v) is 29.3. The lowest BCUT2D eigenvalue weighted by Gasteiger charge is -2.26. The predicted octanol–water partition coefficient (Wildman–Crippen LogP) is 13.7. The average Bonchev–Trinajstić information content (AvgIpc) is 3.69. The molecule has 10 rings (SSSR count). The number of hydrogen-bond acceptors (Lipinski definition) is 4. The number of anilines is 3. The van der Waals surface area contributed by atoms with Gasteiger partial charge in [0, 0.05) is 28.8 Å². The number of oxazole rings is 1. The summed E-state index contributed by atoms with van der Waals surface area (Å²) in [4.78, 5) is 11.2. The molecule has 0 bridgehead atoms. The third-order valence-electron chi connectivity index (χ3n) is 10.2. The summed E-state index contributed by atoms with van der Waals surface area (Å²) in [5, 5.41) is 4.98. The van der Waals surface area contributed by atoms with Crippen LogP contribution in [0.1, 0.15) is 0 Å². The van der Waals surface area contributed by atoms with Crippen molar-refractivity contribution in [3.8, 4) is 44.8 Å². The molecule has 4 nitrogen and oxygen atoms in total. The molecule has 0 unspecified atom stereocenters. The smallest absolute Gasteiger partial charge is 0.247 e. The van der Waals surface area contributed by atoms with E-state index in [0.29, 0.717) is 11.6 Å². The number of hydrogen-bond donors (Lipinski definition) is 0. The lowest BCUT2D eigenvalue weighted by molar-refractivity contribution is 0.608. The van der Waals surface area contributed by atoms with Crippen LogP contribution < -0.4 is 4.90 Å². The average molecular weight is 692 g/mol. The van der Waals surface area contributed by atoms with E-state index in [4.69, 9.17) is 4.42 Å². The lowest BCUT2D eigenvalue weighted by Crippen LogP contribution is -2.09. The number of pyridine rings is 1. The maximum atomic E-state index is 5.90. The first-order valence-corrected chi connectivity index (χ1v) is 18.1. The van der Waals surface area contributed by atoms with Gasteiger partial charge in [-0.3, -0.25) is 0 Å². The van der Waals surface area contributed by atoms with Crippen LogP contribution in [0, 0.1) is 0 Å². The molecule has 0 saturated carbocycles. The van der Waals surface area contributed by atoms with Crippen molar-refractivity contribution < 1.29 is 4.42 Å². The van der Waals surface area contributed by atoms with E-state index in [-0.39, 0.29) is 0 Å². The summed E-state index contributed by atoms with van der Waals surface area (Å²) in [6, 6.07) is 68.9. The summed E-state index contributed by atoms with van der Waals surface area (Å²) in [7, 11) is 0. The number of benzene rings is 8. The van der Waals surface area contributed by atoms with Crippen molar-refractivity contribution in [2.75, 3.05) is 4.90 Å². The molecule has 0 atom stereocenters. The molecule has 10 aromatic rings. The molecule has 0 aliphatic heterocycles. The van der Waals surface area contributed by atoms with E-state index >= 15 is 0 Å². The topological polar surface area (TPSA) is 42.2 Å². The Morgan fingerprint density at radius 2 is 0.926 bits per heavy atom. The van der Waals surface area contributed by atoms with Gasteiger partial charge in [-0.2, -0.15) is 0 Å². The molecule has 0 saturated heterocycles. The van der Waals surface area contributed by atoms with Gasteiger partial charge in [-0.15, -0.1) is 0 Å². The van der Waals surface area contributed by atoms with Crippen molar-refractivity contribution in [1.82, 2.24) is 9.97 Å². The Balaban J connectivity index is 0.991. The monoisotopic (exact) mass is 691 g/mol. The Labute approximate surface area is 313 Å². The van der Waals surface area contributed by atoms with Crippen molar-refractivity contribution >= 4 is 49.8 Å². The number of aromatic nitrogens is 2. The van der Waals surface area contributed by atoms with Gasteiger partial charge in [0.1, 0.15) is 5.52 Å². The molecule has 0 aliphatic rings. The van der Waals surface area contributed by atoms with Crippen molar-refractivity contribution in [2.24, 2.45) is 0 Å². The van der Waals surface area contributed by atoms with E-state index in [9.17, 15) is 0 Å². The Hall–Kier alpha value is -7.30. The van der Waals surface area contributed by atoms with Gasteiger partial charge in [0.2, 0.25) is 11.6 Å². The highest BCUT2D eigenvalue weighted by Gasteiger charge is 2.15. The Morgan fingerprint density at radius 3 is 1.61 bits per heavy atom. The van der Waals surface area contributed by atoms with E-state index in [1.54, 1.807) is 6.20 Å². The standard InChI is InChI=1S/C50H33N3O/c1-2-9-41-33-42(19-16-34(41)7-1)37-22-28-44(29-23-37)53(45-30-24-39(25-31-45)47-12-5-10-38-8-3-4-11-46(38)47)43-26-20-36(21-27-43)35-14-17-40(18-15-35)49-52-48-13-6-32-51-50(48)54-49/h1-33H. The van der Waals surface area contributed by atoms with Crippen molar-refractivity contribution in [1.29, 1.82) is 0 Å². The second kappa shape index (κ2) is 13.4. The first-order chi connectivity index (χ1) is 26.7. The minimum atomic E-state index is 0.545. The van der Waals surface area contributed by atoms with E-state index in [1.165, 1.54) is 43.8 Å². The summed E-state index contributed by atoms with van der Waals surface area (Å²) < 4.78 is 5.90. The van der Waals surface area contributed by atoms with Gasteiger partial charge < -0.3 is 9.32 Å². The van der Waals surface area contributed by atoms with E-state index in [2.05, 4.69) is 197 Å². The van der Waals surface area contributed by atoms with Crippen LogP contribution in [0.25, 0.3) is 77.6 Å². The van der Waals surface area contributed by atoms with Crippen molar-refractivity contribution in [2.45, 2.75) is 0 Å². The highest BCUT2D eigenvalue weighted by atomic mass is 16.4. The van der Waals surface area contributed by atoms with Gasteiger partial charge in [-0.05, 0) is 122 Å². The van der Waals surface area contributed by atoms with Crippen LogP contribution in [0.2, 0.25) is 0 Å². The number of nitrogens with zero attached hydrogens (tertiary/aromatic N) is 3. The van der Waals surface area contributed by atoms with Crippen LogP contribution in [-0.4, -0.2) is 9.97 Å². The fraction of sp³-hybridized carbons (Fsp3) is 0. The van der Waals surface area contributed by atoms with Crippen LogP contribution in [-0.2, 0) is 0 Å². The third kappa shape index (κ3) is 5.86. The third-order valence-corrected chi connectivity index (χ3v) is 10.2. The summed E-state index contributed by atoms with van der Waals surface area (Å²) in [6.45, 7) is 0. The van der Waals surface area contributed by atoms with Crippen LogP contribution in [0.3, 0.4) is 0 Å². The molecular formula is C50H33N3O. The van der Waals surface area contributed by atoms with Crippen LogP contribution >= 0.6 is 0 Å². The van der Waals surface area contributed by atoms with E-state index < -0.39 is 0 Å². The Kier molecular flexibility index (Phi) is 7.77. The molecular weight excluding hydrogens is 659 g/mol. The lowest BCUT2D eigenvalue weighted by atomic mass is 9.98. The van der Waals surface area contributed by atoms with Crippen molar-refractivity contribution in [3.63, 3.8) is 0 Å². The van der Waals surface area contributed by atoms with E-state index in [1.807, 2.05) is 12.1 Å². The second-order valence-corrected chi connectivity index (χ2v) is 13.5. The molecule has 8 aromatic carbocycles. The minimum absolute atomic E-state index is 0.545. The molecule has 2 heterocycles. The summed E-state index contributed by atoms with van der Waals surface area (Å²) in [5.74, 6) is 0.569. The normalized spacial score (nSPS) is 11.3. The second-order valence-electron chi connectivity index (χ2n) is 13.5. The fourth-order valence-electron chi connectivity index (χ4n) is 7.39. The molecule has 0 radical (unpaired) electrons. The van der Waals surface area contributed by atoms with Crippen LogP contribution in [0.5, 0.6) is 0 Å². The summed E-state index contributed by atoms with van der Waals surface area (Å²) in [5.41, 5.74) is 12.5. The maximum absolute atomic E-state index is 5.90. The molecule has 0 amide bonds. The van der Waals surface area contributed by atoms with E-state index in [0.717, 1.165) is 39.3 Å². The van der Waals surface area contributed by atoms with Crippen LogP contribution in [0.15, 0.2) is 205 Å². The number of rotatable bonds is 7. The highest BCUT2D eigenvalue weighted by Crippen LogP contribution is 2.39. The SMILES string of the molecule is c1ccc2cc(-c3ccc(N(c4ccc(-c5ccc(-c6nc7cccnc7o6)cc5)cc4)c4ccc(-c5cccc6ccccc56)cc4)cc3)ccc2c1. The molecule has 2 aromatic heterocycles. The van der Waals surface area contributed by atoms with Crippen LogP contribution in [0.4, 0.5) is 17.1 Å². The fourth-order valence-corrected chi connectivity index (χ4v) is 7.39.